The van der Waals surface area contributed by atoms with Crippen LogP contribution in [0.5, 0.6) is 5.88 Å². The number of hydrogen-bond donors (Lipinski definition) is 0. The number of benzene rings is 2. The number of piperazine rings is 1. The maximum Gasteiger partial charge on any atom is 0.410 e. The van der Waals surface area contributed by atoms with Crippen LogP contribution in [0.3, 0.4) is 0 Å². The summed E-state index contributed by atoms with van der Waals surface area (Å²) >= 11 is 0. The van der Waals surface area contributed by atoms with Crippen molar-refractivity contribution in [2.45, 2.75) is 37.8 Å². The highest BCUT2D eigenvalue weighted by Gasteiger charge is 2.33. The third-order valence-corrected chi connectivity index (χ3v) is 7.04. The second-order valence-corrected chi connectivity index (χ2v) is 9.00. The standard InChI is InChI=1S/C27H31N3O3/c1-32-26-24-10-6-5-9-21(24)18-25(28-26)22-11-12-23(17-22)29-13-15-30(16-14-29)27(31)33-19-20-7-3-2-4-8-20/h2-10,18,22-23H,11-17,19H2,1H3. The van der Waals surface area contributed by atoms with Gasteiger partial charge in [0.05, 0.1) is 7.11 Å². The number of pyridine rings is 1. The lowest BCUT2D eigenvalue weighted by Gasteiger charge is -2.37. The Morgan fingerprint density at radius 2 is 1.76 bits per heavy atom. The molecule has 2 unspecified atom stereocenters. The molecular weight excluding hydrogens is 414 g/mol. The zero-order valence-electron chi connectivity index (χ0n) is 19.2. The van der Waals surface area contributed by atoms with Crippen molar-refractivity contribution in [1.29, 1.82) is 0 Å². The predicted molar refractivity (Wildman–Crippen MR) is 128 cm³/mol. The zero-order valence-corrected chi connectivity index (χ0v) is 19.2. The average Bonchev–Trinajstić information content (AvgIpc) is 3.38. The van der Waals surface area contributed by atoms with Crippen molar-refractivity contribution in [2.24, 2.45) is 0 Å². The molecule has 2 fully saturated rings. The van der Waals surface area contributed by atoms with Crippen LogP contribution < -0.4 is 4.74 Å². The van der Waals surface area contributed by atoms with E-state index >= 15 is 0 Å². The fourth-order valence-corrected chi connectivity index (χ4v) is 5.19. The molecule has 0 N–H and O–H groups in total. The summed E-state index contributed by atoms with van der Waals surface area (Å²) in [4.78, 5) is 21.7. The van der Waals surface area contributed by atoms with Gasteiger partial charge in [0.2, 0.25) is 5.88 Å². The minimum atomic E-state index is -0.213. The van der Waals surface area contributed by atoms with E-state index in [4.69, 9.17) is 14.5 Å². The molecule has 5 rings (SSSR count). The zero-order chi connectivity index (χ0) is 22.6. The van der Waals surface area contributed by atoms with Gasteiger partial charge in [0, 0.05) is 49.2 Å². The summed E-state index contributed by atoms with van der Waals surface area (Å²) in [5, 5.41) is 2.25. The van der Waals surface area contributed by atoms with Crippen LogP contribution in [0.2, 0.25) is 0 Å². The minimum Gasteiger partial charge on any atom is -0.481 e. The van der Waals surface area contributed by atoms with E-state index in [1.165, 1.54) is 11.8 Å². The number of ether oxygens (including phenoxy) is 2. The van der Waals surface area contributed by atoms with Crippen LogP contribution in [0.1, 0.15) is 36.4 Å². The van der Waals surface area contributed by atoms with E-state index in [2.05, 4.69) is 29.2 Å². The van der Waals surface area contributed by atoms with Gasteiger partial charge in [-0.05, 0) is 42.3 Å². The van der Waals surface area contributed by atoms with Crippen LogP contribution in [0.4, 0.5) is 4.79 Å². The number of aromatic nitrogens is 1. The monoisotopic (exact) mass is 445 g/mol. The van der Waals surface area contributed by atoms with Crippen molar-refractivity contribution in [3.63, 3.8) is 0 Å². The van der Waals surface area contributed by atoms with Crippen molar-refractivity contribution in [1.82, 2.24) is 14.8 Å². The topological polar surface area (TPSA) is 54.9 Å². The van der Waals surface area contributed by atoms with Crippen molar-refractivity contribution < 1.29 is 14.3 Å². The molecule has 2 aromatic carbocycles. The number of carbonyl (C=O) groups is 1. The van der Waals surface area contributed by atoms with Crippen LogP contribution in [0, 0.1) is 0 Å². The Morgan fingerprint density at radius 1 is 1.00 bits per heavy atom. The van der Waals surface area contributed by atoms with E-state index < -0.39 is 0 Å². The number of hydrogen-bond acceptors (Lipinski definition) is 5. The molecule has 172 valence electrons. The fraction of sp³-hybridized carbons (Fsp3) is 0.407. The summed E-state index contributed by atoms with van der Waals surface area (Å²) in [5.74, 6) is 1.16. The second kappa shape index (κ2) is 9.79. The number of carbonyl (C=O) groups excluding carboxylic acids is 1. The summed E-state index contributed by atoms with van der Waals surface area (Å²) < 4.78 is 11.1. The smallest absolute Gasteiger partial charge is 0.410 e. The largest absolute Gasteiger partial charge is 0.481 e. The number of fused-ring (bicyclic) bond motifs is 1. The first kappa shape index (κ1) is 21.7. The number of amides is 1. The molecule has 1 aromatic heterocycles. The van der Waals surface area contributed by atoms with Crippen LogP contribution in [-0.4, -0.2) is 60.2 Å². The molecule has 2 atom stereocenters. The Kier molecular flexibility index (Phi) is 6.44. The molecule has 1 saturated carbocycles. The first-order valence-corrected chi connectivity index (χ1v) is 11.8. The summed E-state index contributed by atoms with van der Waals surface area (Å²) in [6.45, 7) is 3.55. The molecule has 1 aliphatic heterocycles. The molecule has 2 aliphatic rings. The molecule has 3 aromatic rings. The van der Waals surface area contributed by atoms with Gasteiger partial charge in [-0.25, -0.2) is 9.78 Å². The maximum atomic E-state index is 12.5. The van der Waals surface area contributed by atoms with Gasteiger partial charge in [0.25, 0.3) is 0 Å². The molecular formula is C27H31N3O3. The van der Waals surface area contributed by atoms with Crippen molar-refractivity contribution in [3.05, 3.63) is 71.9 Å². The third-order valence-electron chi connectivity index (χ3n) is 7.04. The third kappa shape index (κ3) is 4.81. The van der Waals surface area contributed by atoms with Gasteiger partial charge in [-0.2, -0.15) is 0 Å². The van der Waals surface area contributed by atoms with Gasteiger partial charge in [0.15, 0.2) is 0 Å². The lowest BCUT2D eigenvalue weighted by molar-refractivity contribution is 0.0603. The second-order valence-electron chi connectivity index (χ2n) is 9.00. The maximum absolute atomic E-state index is 12.5. The lowest BCUT2D eigenvalue weighted by atomic mass is 10.00. The molecule has 0 radical (unpaired) electrons. The number of rotatable bonds is 5. The van der Waals surface area contributed by atoms with Crippen molar-refractivity contribution in [3.8, 4) is 5.88 Å². The first-order valence-electron chi connectivity index (χ1n) is 11.8. The van der Waals surface area contributed by atoms with E-state index in [0.29, 0.717) is 24.4 Å². The van der Waals surface area contributed by atoms with Crippen LogP contribution in [0.25, 0.3) is 10.8 Å². The van der Waals surface area contributed by atoms with Crippen LogP contribution in [0.15, 0.2) is 60.7 Å². The molecule has 33 heavy (non-hydrogen) atoms. The number of methoxy groups -OCH3 is 1. The summed E-state index contributed by atoms with van der Waals surface area (Å²) in [7, 11) is 1.69. The lowest BCUT2D eigenvalue weighted by Crippen LogP contribution is -2.51. The predicted octanol–water partition coefficient (Wildman–Crippen LogP) is 4.83. The normalized spacial score (nSPS) is 21.3. The summed E-state index contributed by atoms with van der Waals surface area (Å²) in [6, 6.07) is 20.9. The Hall–Kier alpha value is -3.12. The Balaban J connectivity index is 1.15. The quantitative estimate of drug-likeness (QED) is 0.563. The average molecular weight is 446 g/mol. The fourth-order valence-electron chi connectivity index (χ4n) is 5.19. The molecule has 0 bridgehead atoms. The Bertz CT molecular complexity index is 1100. The highest BCUT2D eigenvalue weighted by Crippen LogP contribution is 2.38. The van der Waals surface area contributed by atoms with E-state index in [1.54, 1.807) is 7.11 Å². The van der Waals surface area contributed by atoms with Gasteiger partial charge in [0.1, 0.15) is 6.61 Å². The van der Waals surface area contributed by atoms with E-state index in [9.17, 15) is 4.79 Å². The van der Waals surface area contributed by atoms with Gasteiger partial charge in [-0.15, -0.1) is 0 Å². The van der Waals surface area contributed by atoms with Crippen molar-refractivity contribution in [2.75, 3.05) is 33.3 Å². The molecule has 2 heterocycles. The van der Waals surface area contributed by atoms with Crippen LogP contribution in [-0.2, 0) is 11.3 Å². The van der Waals surface area contributed by atoms with Gasteiger partial charge >= 0.3 is 6.09 Å². The van der Waals surface area contributed by atoms with Crippen molar-refractivity contribution >= 4 is 16.9 Å². The molecule has 0 spiro atoms. The molecule has 1 saturated heterocycles. The Labute approximate surface area is 195 Å². The van der Waals surface area contributed by atoms with E-state index in [0.717, 1.165) is 55.7 Å². The highest BCUT2D eigenvalue weighted by atomic mass is 16.6. The summed E-state index contributed by atoms with van der Waals surface area (Å²) in [6.07, 6.45) is 3.20. The molecule has 6 heteroatoms. The van der Waals surface area contributed by atoms with Gasteiger partial charge in [-0.3, -0.25) is 4.90 Å². The van der Waals surface area contributed by atoms with E-state index in [-0.39, 0.29) is 6.09 Å². The first-order chi connectivity index (χ1) is 16.2. The molecule has 6 nitrogen and oxygen atoms in total. The Morgan fingerprint density at radius 3 is 2.55 bits per heavy atom. The molecule has 1 aliphatic carbocycles. The SMILES string of the molecule is COc1nc(C2CCC(N3CCN(C(=O)OCc4ccccc4)CC3)C2)cc2ccccc12. The molecule has 1 amide bonds. The minimum absolute atomic E-state index is 0.213. The van der Waals surface area contributed by atoms with E-state index in [1.807, 2.05) is 41.3 Å². The van der Waals surface area contributed by atoms with Crippen LogP contribution >= 0.6 is 0 Å². The summed E-state index contributed by atoms with van der Waals surface area (Å²) in [5.41, 5.74) is 2.15. The van der Waals surface area contributed by atoms with Gasteiger partial charge < -0.3 is 14.4 Å². The van der Waals surface area contributed by atoms with Gasteiger partial charge in [-0.1, -0.05) is 48.5 Å². The highest BCUT2D eigenvalue weighted by molar-refractivity contribution is 5.87. The number of nitrogens with zero attached hydrogens (tertiary/aromatic N) is 3.